The van der Waals surface area contributed by atoms with Crippen LogP contribution in [-0.2, 0) is 17.7 Å². The zero-order valence-electron chi connectivity index (χ0n) is 23.7. The van der Waals surface area contributed by atoms with Crippen LogP contribution >= 0.6 is 0 Å². The molecule has 2 fully saturated rings. The molecule has 0 bridgehead atoms. The van der Waals surface area contributed by atoms with Crippen molar-refractivity contribution >= 4 is 6.09 Å². The smallest absolute Gasteiger partial charge is 0.427 e. The molecule has 0 spiro atoms. The Hall–Kier alpha value is -4.64. The third-order valence-electron chi connectivity index (χ3n) is 7.41. The van der Waals surface area contributed by atoms with E-state index >= 15 is 0 Å². The van der Waals surface area contributed by atoms with Crippen LogP contribution in [0.1, 0.15) is 79.8 Å². The molecule has 42 heavy (non-hydrogen) atoms. The van der Waals surface area contributed by atoms with Gasteiger partial charge in [-0.05, 0) is 44.2 Å². The molecule has 1 aliphatic carbocycles. The Morgan fingerprint density at radius 1 is 1.02 bits per heavy atom. The number of rotatable bonds is 11. The summed E-state index contributed by atoms with van der Waals surface area (Å²) >= 11 is 0. The molecule has 4 heterocycles. The monoisotopic (exact) mass is 567 g/mol. The van der Waals surface area contributed by atoms with Crippen molar-refractivity contribution < 1.29 is 14.4 Å². The minimum Gasteiger partial charge on any atom is -0.491 e. The van der Waals surface area contributed by atoms with Crippen LogP contribution < -0.4 is 21.1 Å². The van der Waals surface area contributed by atoms with Crippen LogP contribution in [0.5, 0.6) is 5.75 Å². The van der Waals surface area contributed by atoms with Gasteiger partial charge in [-0.3, -0.25) is 15.1 Å². The summed E-state index contributed by atoms with van der Waals surface area (Å²) in [5, 5.41) is 2.74. The van der Waals surface area contributed by atoms with E-state index in [1.807, 2.05) is 43.3 Å². The second kappa shape index (κ2) is 12.1. The molecule has 6 rings (SSSR count). The van der Waals surface area contributed by atoms with Gasteiger partial charge in [-0.25, -0.2) is 24.3 Å². The fourth-order valence-electron chi connectivity index (χ4n) is 5.13. The van der Waals surface area contributed by atoms with E-state index in [0.717, 1.165) is 66.0 Å². The van der Waals surface area contributed by atoms with Gasteiger partial charge in [0.1, 0.15) is 12.0 Å². The average Bonchev–Trinajstić information content (AvgIpc) is 3.78. The van der Waals surface area contributed by atoms with Crippen LogP contribution in [-0.4, -0.2) is 37.2 Å². The van der Waals surface area contributed by atoms with Gasteiger partial charge in [0, 0.05) is 35.2 Å². The van der Waals surface area contributed by atoms with E-state index in [1.54, 1.807) is 23.2 Å². The fourth-order valence-corrected chi connectivity index (χ4v) is 5.13. The second-order valence-electron chi connectivity index (χ2n) is 10.5. The molecule has 11 nitrogen and oxygen atoms in total. The predicted octanol–water partition coefficient (Wildman–Crippen LogP) is 4.54. The Balaban J connectivity index is 1.35. The van der Waals surface area contributed by atoms with E-state index in [1.165, 1.54) is 0 Å². The maximum atomic E-state index is 14.2. The van der Waals surface area contributed by atoms with Crippen molar-refractivity contribution in [2.75, 3.05) is 6.61 Å². The first-order chi connectivity index (χ1) is 20.6. The van der Waals surface area contributed by atoms with Gasteiger partial charge in [0.05, 0.1) is 30.4 Å². The van der Waals surface area contributed by atoms with Crippen LogP contribution in [0, 0.1) is 0 Å². The highest BCUT2D eigenvalue weighted by atomic mass is 16.7. The van der Waals surface area contributed by atoms with Crippen molar-refractivity contribution in [3.8, 4) is 23.0 Å². The zero-order chi connectivity index (χ0) is 29.1. The number of nitrogens with zero attached hydrogens (tertiary/aromatic N) is 5. The normalized spacial score (nSPS) is 16.2. The molecule has 4 aromatic rings. The van der Waals surface area contributed by atoms with Gasteiger partial charge in [0.15, 0.2) is 5.75 Å². The van der Waals surface area contributed by atoms with Crippen LogP contribution in [0.3, 0.4) is 0 Å². The molecule has 1 aromatic carbocycles. The standard InChI is InChI=1S/C31H33N7O4/c1-3-5-10-26-24(29(39)38(28(35-26)20-12-13-20)30-33-17-21(18-34-30)41-4-2)15-19-11-14-25(32-16-19)22-8-6-7-9-23(22)27-36-31(40)42-37-27/h6-9,11,14,16-18,20,27,37H,3-5,10,12-13,15H2,1-2H3,(H,36,40). The van der Waals surface area contributed by atoms with Gasteiger partial charge in [-0.1, -0.05) is 43.7 Å². The lowest BCUT2D eigenvalue weighted by Crippen LogP contribution is -2.30. The van der Waals surface area contributed by atoms with Crippen molar-refractivity contribution in [2.24, 2.45) is 0 Å². The van der Waals surface area contributed by atoms with Crippen molar-refractivity contribution in [1.82, 2.24) is 35.3 Å². The number of aromatic nitrogens is 5. The summed E-state index contributed by atoms with van der Waals surface area (Å²) in [6.07, 6.45) is 9.03. The van der Waals surface area contributed by atoms with Crippen LogP contribution in [0.4, 0.5) is 4.79 Å². The molecule has 1 aliphatic heterocycles. The molecule has 1 amide bonds. The van der Waals surface area contributed by atoms with Gasteiger partial charge in [-0.15, -0.1) is 5.48 Å². The Bertz CT molecular complexity index is 1630. The van der Waals surface area contributed by atoms with E-state index in [2.05, 4.69) is 27.7 Å². The summed E-state index contributed by atoms with van der Waals surface area (Å²) in [5.41, 5.74) is 7.36. The van der Waals surface area contributed by atoms with Crippen LogP contribution in [0.25, 0.3) is 17.2 Å². The lowest BCUT2D eigenvalue weighted by atomic mass is 9.99. The summed E-state index contributed by atoms with van der Waals surface area (Å²) in [5.74, 6) is 1.83. The Kier molecular flexibility index (Phi) is 7.91. The van der Waals surface area contributed by atoms with Gasteiger partial charge in [0.2, 0.25) is 5.95 Å². The number of aryl methyl sites for hydroxylation is 1. The highest BCUT2D eigenvalue weighted by Gasteiger charge is 2.32. The summed E-state index contributed by atoms with van der Waals surface area (Å²) < 4.78 is 7.09. The molecule has 1 atom stereocenters. The third-order valence-corrected chi connectivity index (χ3v) is 7.41. The first-order valence-corrected chi connectivity index (χ1v) is 14.4. The molecule has 2 N–H and O–H groups in total. The number of ether oxygens (including phenoxy) is 1. The molecule has 11 heteroatoms. The molecule has 3 aromatic heterocycles. The van der Waals surface area contributed by atoms with Crippen LogP contribution in [0.2, 0.25) is 0 Å². The van der Waals surface area contributed by atoms with Crippen molar-refractivity contribution in [1.29, 1.82) is 0 Å². The Morgan fingerprint density at radius 2 is 1.83 bits per heavy atom. The number of carbonyl (C=O) groups excluding carboxylic acids is 1. The lowest BCUT2D eigenvalue weighted by molar-refractivity contribution is 0.122. The molecular formula is C31H33N7O4. The van der Waals surface area contributed by atoms with Crippen molar-refractivity contribution in [2.45, 2.75) is 64.5 Å². The number of nitrogens with one attached hydrogen (secondary N) is 2. The zero-order valence-corrected chi connectivity index (χ0v) is 23.7. The van der Waals surface area contributed by atoms with E-state index in [9.17, 15) is 9.59 Å². The summed E-state index contributed by atoms with van der Waals surface area (Å²) in [6, 6.07) is 11.6. The first kappa shape index (κ1) is 27.5. The lowest BCUT2D eigenvalue weighted by Gasteiger charge is -2.17. The number of carbonyl (C=O) groups is 1. The fraction of sp³-hybridized carbons (Fsp3) is 0.355. The number of benzene rings is 1. The number of hydroxylamine groups is 1. The van der Waals surface area contributed by atoms with E-state index in [0.29, 0.717) is 30.3 Å². The van der Waals surface area contributed by atoms with Crippen LogP contribution in [0.15, 0.2) is 59.8 Å². The molecule has 0 radical (unpaired) electrons. The van der Waals surface area contributed by atoms with Gasteiger partial charge >= 0.3 is 6.09 Å². The predicted molar refractivity (Wildman–Crippen MR) is 155 cm³/mol. The number of hydrogen-bond acceptors (Lipinski definition) is 9. The molecule has 216 valence electrons. The third kappa shape index (κ3) is 5.73. The van der Waals surface area contributed by atoms with Crippen molar-refractivity contribution in [3.05, 3.63) is 93.6 Å². The largest absolute Gasteiger partial charge is 0.491 e. The summed E-state index contributed by atoms with van der Waals surface area (Å²) in [6.45, 7) is 4.54. The number of pyridine rings is 1. The van der Waals surface area contributed by atoms with Gasteiger partial charge in [-0.2, -0.15) is 0 Å². The summed E-state index contributed by atoms with van der Waals surface area (Å²) in [4.78, 5) is 49.3. The van der Waals surface area contributed by atoms with Gasteiger partial charge in [0.25, 0.3) is 5.56 Å². The summed E-state index contributed by atoms with van der Waals surface area (Å²) in [7, 11) is 0. The molecule has 2 aliphatic rings. The minimum absolute atomic E-state index is 0.139. The van der Waals surface area contributed by atoms with E-state index in [4.69, 9.17) is 19.5 Å². The average molecular weight is 568 g/mol. The van der Waals surface area contributed by atoms with Gasteiger partial charge < -0.3 is 9.57 Å². The van der Waals surface area contributed by atoms with Crippen molar-refractivity contribution in [3.63, 3.8) is 0 Å². The number of amides is 1. The second-order valence-corrected chi connectivity index (χ2v) is 10.5. The number of hydrogen-bond donors (Lipinski definition) is 2. The highest BCUT2D eigenvalue weighted by Crippen LogP contribution is 2.39. The van der Waals surface area contributed by atoms with E-state index < -0.39 is 12.3 Å². The first-order valence-electron chi connectivity index (χ1n) is 14.4. The van der Waals surface area contributed by atoms with E-state index in [-0.39, 0.29) is 11.5 Å². The quantitative estimate of drug-likeness (QED) is 0.268. The highest BCUT2D eigenvalue weighted by molar-refractivity contribution is 5.71. The molecule has 1 saturated carbocycles. The SMILES string of the molecule is CCCCc1nc(C2CC2)n(-c2ncc(OCC)cn2)c(=O)c1Cc1ccc(-c2ccccc2C2NOC(=O)N2)nc1. The Labute approximate surface area is 243 Å². The maximum absolute atomic E-state index is 14.2. The molecular weight excluding hydrogens is 534 g/mol. The maximum Gasteiger partial charge on any atom is 0.427 e. The minimum atomic E-state index is -0.528. The topological polar surface area (TPSA) is 133 Å². The number of unbranched alkanes of at least 4 members (excludes halogenated alkanes) is 1. The Morgan fingerprint density at radius 3 is 2.50 bits per heavy atom. The molecule has 1 saturated heterocycles. The molecule has 1 unspecified atom stereocenters.